The summed E-state index contributed by atoms with van der Waals surface area (Å²) in [5.74, 6) is 1.82. The number of para-hydroxylation sites is 1. The van der Waals surface area contributed by atoms with Crippen LogP contribution in [0.2, 0.25) is 0 Å². The van der Waals surface area contributed by atoms with E-state index >= 15 is 0 Å². The Bertz CT molecular complexity index is 745. The van der Waals surface area contributed by atoms with Gasteiger partial charge in [-0.25, -0.2) is 4.79 Å². The summed E-state index contributed by atoms with van der Waals surface area (Å²) in [7, 11) is 1.74. The molecular formula is C19H21N3O2S. The molecule has 0 bridgehead atoms. The zero-order valence-corrected chi connectivity index (χ0v) is 15.0. The fourth-order valence-corrected chi connectivity index (χ4v) is 3.56. The van der Waals surface area contributed by atoms with Crippen LogP contribution >= 0.6 is 11.8 Å². The average molecular weight is 355 g/mol. The molecule has 1 N–H and O–H groups in total. The monoisotopic (exact) mass is 355 g/mol. The van der Waals surface area contributed by atoms with E-state index in [1.165, 1.54) is 0 Å². The highest BCUT2D eigenvalue weighted by atomic mass is 32.2. The number of hydrogen-bond acceptors (Lipinski definition) is 3. The number of benzene rings is 2. The highest BCUT2D eigenvalue weighted by Gasteiger charge is 2.18. The number of rotatable bonds is 3. The Morgan fingerprint density at radius 1 is 1.04 bits per heavy atom. The van der Waals surface area contributed by atoms with Gasteiger partial charge in [0.05, 0.1) is 0 Å². The van der Waals surface area contributed by atoms with E-state index in [-0.39, 0.29) is 11.9 Å². The van der Waals surface area contributed by atoms with Gasteiger partial charge in [-0.05, 0) is 30.3 Å². The van der Waals surface area contributed by atoms with E-state index in [4.69, 9.17) is 0 Å². The average Bonchev–Trinajstić information content (AvgIpc) is 2.68. The van der Waals surface area contributed by atoms with Crippen molar-refractivity contribution in [1.82, 2.24) is 4.90 Å². The second-order valence-corrected chi connectivity index (χ2v) is 7.03. The Hall–Kier alpha value is -2.47. The van der Waals surface area contributed by atoms with Crippen LogP contribution in [-0.2, 0) is 0 Å². The standard InChI is InChI=1S/C19H21N3O2S/c1-21(17-8-3-2-4-9-17)18(23)15-6-5-7-16(14-15)20-19(24)22-10-12-25-13-11-22/h2-9,14H,10-13H2,1H3,(H,20,24). The lowest BCUT2D eigenvalue weighted by Gasteiger charge is -2.26. The van der Waals surface area contributed by atoms with Crippen LogP contribution in [0.25, 0.3) is 0 Å². The highest BCUT2D eigenvalue weighted by Crippen LogP contribution is 2.18. The lowest BCUT2D eigenvalue weighted by molar-refractivity contribution is 0.0993. The molecule has 1 aliphatic rings. The lowest BCUT2D eigenvalue weighted by Crippen LogP contribution is -2.40. The smallest absolute Gasteiger partial charge is 0.321 e. The lowest BCUT2D eigenvalue weighted by atomic mass is 10.1. The van der Waals surface area contributed by atoms with Crippen molar-refractivity contribution in [1.29, 1.82) is 0 Å². The fourth-order valence-electron chi connectivity index (χ4n) is 2.66. The zero-order chi connectivity index (χ0) is 17.6. The molecule has 6 heteroatoms. The third-order valence-electron chi connectivity index (χ3n) is 4.11. The minimum atomic E-state index is -0.114. The molecule has 130 valence electrons. The fraction of sp³-hybridized carbons (Fsp3) is 0.263. The van der Waals surface area contributed by atoms with Crippen molar-refractivity contribution >= 4 is 35.1 Å². The minimum Gasteiger partial charge on any atom is -0.323 e. The number of hydrogen-bond donors (Lipinski definition) is 1. The molecule has 3 rings (SSSR count). The van der Waals surface area contributed by atoms with Crippen molar-refractivity contribution in [2.45, 2.75) is 0 Å². The molecule has 1 saturated heterocycles. The van der Waals surface area contributed by atoms with Gasteiger partial charge in [0.25, 0.3) is 5.91 Å². The summed E-state index contributed by atoms with van der Waals surface area (Å²) in [6.07, 6.45) is 0. The van der Waals surface area contributed by atoms with Crippen LogP contribution in [0.4, 0.5) is 16.2 Å². The third kappa shape index (κ3) is 4.33. The SMILES string of the molecule is CN(C(=O)c1cccc(NC(=O)N2CCSCC2)c1)c1ccccc1. The van der Waals surface area contributed by atoms with Gasteiger partial charge >= 0.3 is 6.03 Å². The van der Waals surface area contributed by atoms with Crippen LogP contribution in [0.15, 0.2) is 54.6 Å². The first-order chi connectivity index (χ1) is 12.1. The van der Waals surface area contributed by atoms with Gasteiger partial charge in [0.1, 0.15) is 0 Å². The van der Waals surface area contributed by atoms with E-state index in [1.54, 1.807) is 41.1 Å². The van der Waals surface area contributed by atoms with Gasteiger partial charge in [-0.3, -0.25) is 4.79 Å². The van der Waals surface area contributed by atoms with Gasteiger partial charge in [-0.2, -0.15) is 11.8 Å². The summed E-state index contributed by atoms with van der Waals surface area (Å²) in [6.45, 7) is 1.51. The van der Waals surface area contributed by atoms with Crippen LogP contribution in [0.1, 0.15) is 10.4 Å². The maximum absolute atomic E-state index is 12.7. The predicted molar refractivity (Wildman–Crippen MR) is 104 cm³/mol. The Labute approximate surface area is 152 Å². The summed E-state index contributed by atoms with van der Waals surface area (Å²) in [5.41, 5.74) is 2.00. The van der Waals surface area contributed by atoms with E-state index in [2.05, 4.69) is 5.32 Å². The number of nitrogens with zero attached hydrogens (tertiary/aromatic N) is 2. The normalized spacial score (nSPS) is 14.0. The van der Waals surface area contributed by atoms with Gasteiger partial charge < -0.3 is 15.1 Å². The number of anilines is 2. The molecule has 0 spiro atoms. The molecule has 0 saturated carbocycles. The first-order valence-corrected chi connectivity index (χ1v) is 9.37. The summed E-state index contributed by atoms with van der Waals surface area (Å²) in [6, 6.07) is 16.4. The Morgan fingerprint density at radius 2 is 1.76 bits per heavy atom. The van der Waals surface area contributed by atoms with E-state index in [0.717, 1.165) is 30.3 Å². The molecule has 1 aliphatic heterocycles. The van der Waals surface area contributed by atoms with Gasteiger partial charge in [0.2, 0.25) is 0 Å². The number of amides is 3. The van der Waals surface area contributed by atoms with E-state index in [0.29, 0.717) is 11.3 Å². The van der Waals surface area contributed by atoms with Gasteiger partial charge in [-0.15, -0.1) is 0 Å². The molecule has 25 heavy (non-hydrogen) atoms. The van der Waals surface area contributed by atoms with Crippen LogP contribution in [0.5, 0.6) is 0 Å². The molecular weight excluding hydrogens is 334 g/mol. The maximum Gasteiger partial charge on any atom is 0.321 e. The van der Waals surface area contributed by atoms with Crippen LogP contribution in [-0.4, -0.2) is 48.5 Å². The van der Waals surface area contributed by atoms with Gasteiger partial charge in [0.15, 0.2) is 0 Å². The first-order valence-electron chi connectivity index (χ1n) is 8.22. The van der Waals surface area contributed by atoms with Crippen molar-refractivity contribution in [2.24, 2.45) is 0 Å². The van der Waals surface area contributed by atoms with E-state index < -0.39 is 0 Å². The summed E-state index contributed by atoms with van der Waals surface area (Å²) in [5, 5.41) is 2.89. The van der Waals surface area contributed by atoms with Crippen molar-refractivity contribution in [3.8, 4) is 0 Å². The second kappa shape index (κ2) is 8.07. The third-order valence-corrected chi connectivity index (χ3v) is 5.05. The Kier molecular flexibility index (Phi) is 5.60. The van der Waals surface area contributed by atoms with Crippen LogP contribution < -0.4 is 10.2 Å². The molecule has 0 aliphatic carbocycles. The number of nitrogens with one attached hydrogen (secondary N) is 1. The Balaban J connectivity index is 1.70. The summed E-state index contributed by atoms with van der Waals surface area (Å²) >= 11 is 1.86. The molecule has 5 nitrogen and oxygen atoms in total. The largest absolute Gasteiger partial charge is 0.323 e. The van der Waals surface area contributed by atoms with Crippen molar-refractivity contribution in [3.63, 3.8) is 0 Å². The maximum atomic E-state index is 12.7. The highest BCUT2D eigenvalue weighted by molar-refractivity contribution is 7.99. The van der Waals surface area contributed by atoms with Gasteiger partial charge in [0, 0.05) is 48.6 Å². The number of urea groups is 1. The first kappa shape index (κ1) is 17.4. The van der Waals surface area contributed by atoms with Crippen molar-refractivity contribution in [3.05, 3.63) is 60.2 Å². The molecule has 1 heterocycles. The zero-order valence-electron chi connectivity index (χ0n) is 14.1. The topological polar surface area (TPSA) is 52.7 Å². The molecule has 3 amide bonds. The number of carbonyl (C=O) groups excluding carboxylic acids is 2. The number of thioether (sulfide) groups is 1. The van der Waals surface area contributed by atoms with E-state index in [9.17, 15) is 9.59 Å². The molecule has 0 radical (unpaired) electrons. The molecule has 2 aromatic carbocycles. The molecule has 2 aromatic rings. The molecule has 0 aromatic heterocycles. The quantitative estimate of drug-likeness (QED) is 0.916. The summed E-state index contributed by atoms with van der Waals surface area (Å²) in [4.78, 5) is 28.4. The van der Waals surface area contributed by atoms with Gasteiger partial charge in [-0.1, -0.05) is 24.3 Å². The predicted octanol–water partition coefficient (Wildman–Crippen LogP) is 3.54. The molecule has 1 fully saturated rings. The van der Waals surface area contributed by atoms with Crippen molar-refractivity contribution in [2.75, 3.05) is 41.9 Å². The molecule has 0 atom stereocenters. The second-order valence-electron chi connectivity index (χ2n) is 5.81. The molecule has 0 unspecified atom stereocenters. The van der Waals surface area contributed by atoms with Crippen LogP contribution in [0, 0.1) is 0 Å². The minimum absolute atomic E-state index is 0.110. The Morgan fingerprint density at radius 3 is 2.48 bits per heavy atom. The van der Waals surface area contributed by atoms with E-state index in [1.807, 2.05) is 42.1 Å². The summed E-state index contributed by atoms with van der Waals surface area (Å²) < 4.78 is 0. The van der Waals surface area contributed by atoms with Crippen molar-refractivity contribution < 1.29 is 9.59 Å². The number of carbonyl (C=O) groups is 2. The van der Waals surface area contributed by atoms with Crippen LogP contribution in [0.3, 0.4) is 0 Å².